The fraction of sp³-hybridized carbons (Fsp3) is 0.884. The van der Waals surface area contributed by atoms with Gasteiger partial charge in [-0.3, -0.25) is 33.6 Å². The van der Waals surface area contributed by atoms with Crippen molar-refractivity contribution in [3.8, 4) is 0 Å². The van der Waals surface area contributed by atoms with Crippen LogP contribution >= 0.6 is 0 Å². The summed E-state index contributed by atoms with van der Waals surface area (Å²) in [5.74, 6) is -2.31. The zero-order valence-electron chi connectivity index (χ0n) is 35.9. The molecular weight excluding hydrogens is 745 g/mol. The van der Waals surface area contributed by atoms with Gasteiger partial charge < -0.3 is 20.9 Å². The predicted molar refractivity (Wildman–Crippen MR) is 217 cm³/mol. The van der Waals surface area contributed by atoms with Crippen LogP contribution < -0.4 is 20.7 Å². The highest BCUT2D eigenvalue weighted by molar-refractivity contribution is 7.91. The van der Waals surface area contributed by atoms with Crippen molar-refractivity contribution in [1.82, 2.24) is 30.5 Å². The SMILES string of the molecule is CC[C@@H]1C[C@]1(NC(=O)[C@@H]1C[C@@]2(CN1C(=O)[C@@H](NC(=O)[C@@H](NC(=O)[C@@H]1CCCN1CC)C1CCCCC1)C(C)(C)C)C(C)(C)C21CCC1)C(=O)NS(=O)(=O)C1(C)CC1. The Morgan fingerprint density at radius 2 is 1.46 bits per heavy atom. The summed E-state index contributed by atoms with van der Waals surface area (Å²) >= 11 is 0. The number of amides is 5. The minimum absolute atomic E-state index is 0.00535. The van der Waals surface area contributed by atoms with Crippen molar-refractivity contribution in [2.75, 3.05) is 19.6 Å². The topological polar surface area (TPSA) is 174 Å². The number of nitrogens with zero attached hydrogens (tertiary/aromatic N) is 2. The number of nitrogens with one attached hydrogen (secondary N) is 4. The Labute approximate surface area is 340 Å². The average Bonchev–Trinajstić information content (AvgIpc) is 4.01. The van der Waals surface area contributed by atoms with Crippen LogP contribution in [0.2, 0.25) is 0 Å². The summed E-state index contributed by atoms with van der Waals surface area (Å²) in [7, 11) is -3.93. The molecule has 7 fully saturated rings. The molecule has 0 radical (unpaired) electrons. The highest BCUT2D eigenvalue weighted by Crippen LogP contribution is 2.88. The molecule has 2 aliphatic heterocycles. The van der Waals surface area contributed by atoms with Crippen LogP contribution in [0.15, 0.2) is 0 Å². The number of likely N-dealkylation sites (N-methyl/N-ethyl adjacent to an activating group) is 1. The number of likely N-dealkylation sites (tertiary alicyclic amines) is 2. The van der Waals surface area contributed by atoms with E-state index in [1.807, 2.05) is 34.6 Å². The van der Waals surface area contributed by atoms with Gasteiger partial charge in [-0.1, -0.05) is 80.6 Å². The molecule has 320 valence electrons. The average molecular weight is 815 g/mol. The molecule has 7 atom stereocenters. The van der Waals surface area contributed by atoms with Gasteiger partial charge in [0.05, 0.1) is 10.8 Å². The van der Waals surface area contributed by atoms with E-state index in [2.05, 4.69) is 39.4 Å². The summed E-state index contributed by atoms with van der Waals surface area (Å²) in [6.45, 7) is 17.8. The number of hydrogen-bond donors (Lipinski definition) is 4. The van der Waals surface area contributed by atoms with E-state index in [4.69, 9.17) is 0 Å². The molecule has 7 aliphatic rings. The van der Waals surface area contributed by atoms with E-state index in [1.54, 1.807) is 11.8 Å². The van der Waals surface area contributed by atoms with Gasteiger partial charge in [-0.2, -0.15) is 0 Å². The molecule has 5 amide bonds. The molecule has 4 N–H and O–H groups in total. The lowest BCUT2D eigenvalue weighted by molar-refractivity contribution is -0.145. The molecule has 2 heterocycles. The van der Waals surface area contributed by atoms with Crippen LogP contribution in [0, 0.1) is 33.5 Å². The molecule has 57 heavy (non-hydrogen) atoms. The molecule has 13 nitrogen and oxygen atoms in total. The van der Waals surface area contributed by atoms with Gasteiger partial charge in [-0.05, 0) is 112 Å². The quantitative estimate of drug-likeness (QED) is 0.215. The number of fused-ring (bicyclic) bond motifs is 1. The van der Waals surface area contributed by atoms with E-state index < -0.39 is 55.7 Å². The molecular formula is C43H70N6O7S. The number of sulfonamides is 1. The van der Waals surface area contributed by atoms with Crippen LogP contribution in [0.5, 0.6) is 0 Å². The number of hydrogen-bond acceptors (Lipinski definition) is 8. The molecule has 0 aromatic rings. The Kier molecular flexibility index (Phi) is 10.8. The molecule has 5 aliphatic carbocycles. The van der Waals surface area contributed by atoms with Gasteiger partial charge >= 0.3 is 0 Å². The van der Waals surface area contributed by atoms with E-state index in [1.165, 1.54) is 0 Å². The first-order valence-corrected chi connectivity index (χ1v) is 23.7. The van der Waals surface area contributed by atoms with Crippen molar-refractivity contribution >= 4 is 39.6 Å². The van der Waals surface area contributed by atoms with Crippen LogP contribution in [0.3, 0.4) is 0 Å². The van der Waals surface area contributed by atoms with Crippen molar-refractivity contribution in [2.24, 2.45) is 33.5 Å². The minimum atomic E-state index is -3.93. The Hall–Kier alpha value is -2.74. The third-order valence-electron chi connectivity index (χ3n) is 16.8. The maximum Gasteiger partial charge on any atom is 0.259 e. The Morgan fingerprint density at radius 3 is 1.98 bits per heavy atom. The fourth-order valence-electron chi connectivity index (χ4n) is 12.1. The molecule has 0 unspecified atom stereocenters. The number of carbonyl (C=O) groups excluding carboxylic acids is 5. The van der Waals surface area contributed by atoms with Gasteiger partial charge in [0, 0.05) is 12.0 Å². The van der Waals surface area contributed by atoms with E-state index >= 15 is 4.79 Å². The van der Waals surface area contributed by atoms with Gasteiger partial charge in [0.2, 0.25) is 33.7 Å². The number of carbonyl (C=O) groups is 5. The molecule has 0 aromatic carbocycles. The summed E-state index contributed by atoms with van der Waals surface area (Å²) in [6.07, 6.45) is 11.8. The van der Waals surface area contributed by atoms with Gasteiger partial charge in [-0.15, -0.1) is 0 Å². The third-order valence-corrected chi connectivity index (χ3v) is 18.9. The van der Waals surface area contributed by atoms with Crippen molar-refractivity contribution in [3.05, 3.63) is 0 Å². The molecule has 7 rings (SSSR count). The lowest BCUT2D eigenvalue weighted by Crippen LogP contribution is -2.63. The lowest BCUT2D eigenvalue weighted by atomic mass is 9.73. The highest BCUT2D eigenvalue weighted by Gasteiger charge is 2.85. The van der Waals surface area contributed by atoms with Gasteiger partial charge in [0.25, 0.3) is 5.91 Å². The molecule has 0 aromatic heterocycles. The van der Waals surface area contributed by atoms with Crippen LogP contribution in [0.4, 0.5) is 0 Å². The summed E-state index contributed by atoms with van der Waals surface area (Å²) in [6, 6.07) is -2.97. The third kappa shape index (κ3) is 6.82. The van der Waals surface area contributed by atoms with Gasteiger partial charge in [0.1, 0.15) is 23.7 Å². The monoisotopic (exact) mass is 815 g/mol. The predicted octanol–water partition coefficient (Wildman–Crippen LogP) is 4.15. The van der Waals surface area contributed by atoms with E-state index in [0.717, 1.165) is 77.3 Å². The summed E-state index contributed by atoms with van der Waals surface area (Å²) in [5, 5.41) is 9.35. The number of rotatable bonds is 13. The van der Waals surface area contributed by atoms with Gasteiger partial charge in [0.15, 0.2) is 0 Å². The lowest BCUT2D eigenvalue weighted by Gasteiger charge is -2.38. The second-order valence-corrected chi connectivity index (χ2v) is 23.2. The molecule has 2 spiro atoms. The Morgan fingerprint density at radius 1 is 0.789 bits per heavy atom. The highest BCUT2D eigenvalue weighted by atomic mass is 32.2. The zero-order valence-corrected chi connectivity index (χ0v) is 36.7. The summed E-state index contributed by atoms with van der Waals surface area (Å²) in [4.78, 5) is 76.0. The zero-order chi connectivity index (χ0) is 41.6. The largest absolute Gasteiger partial charge is 0.343 e. The molecule has 2 saturated heterocycles. The maximum absolute atomic E-state index is 15.2. The molecule has 14 heteroatoms. The Balaban J connectivity index is 1.15. The van der Waals surface area contributed by atoms with Crippen LogP contribution in [0.25, 0.3) is 0 Å². The Bertz CT molecular complexity index is 1760. The first-order chi connectivity index (χ1) is 26.6. The van der Waals surface area contributed by atoms with Crippen molar-refractivity contribution in [1.29, 1.82) is 0 Å². The molecule has 0 bridgehead atoms. The molecule has 5 saturated carbocycles. The normalized spacial score (nSPS) is 33.5. The van der Waals surface area contributed by atoms with Crippen molar-refractivity contribution < 1.29 is 32.4 Å². The fourth-order valence-corrected chi connectivity index (χ4v) is 13.4. The van der Waals surface area contributed by atoms with E-state index in [0.29, 0.717) is 38.6 Å². The van der Waals surface area contributed by atoms with Crippen LogP contribution in [-0.2, 0) is 34.0 Å². The van der Waals surface area contributed by atoms with E-state index in [-0.39, 0.29) is 51.8 Å². The van der Waals surface area contributed by atoms with Crippen LogP contribution in [-0.4, -0.2) is 102 Å². The smallest absolute Gasteiger partial charge is 0.259 e. The first kappa shape index (κ1) is 42.4. The minimum Gasteiger partial charge on any atom is -0.343 e. The summed E-state index contributed by atoms with van der Waals surface area (Å²) in [5.41, 5.74) is -2.55. The second kappa shape index (κ2) is 14.5. The van der Waals surface area contributed by atoms with Crippen molar-refractivity contribution in [2.45, 2.75) is 186 Å². The standard InChI is InChI=1S/C43H70N6O7S/c1-9-28-24-43(28,37(54)47-57(55,56)40(8)21-22-40)46-34(51)30-25-42(39(6,7)41(42)19-15-20-41)26-49(30)36(53)32(38(3,4)5)45-35(52)31(27-16-12-11-13-17-27)44-33(50)29-18-14-23-48(29)10-2/h27-32H,9-26H2,1-8H3,(H,44,50)(H,45,52)(H,46,51)(H,47,54)/t28-,29+,30+,31+,32-,42-,43-/m1/s1. The second-order valence-electron chi connectivity index (χ2n) is 21.0. The van der Waals surface area contributed by atoms with E-state index in [9.17, 15) is 27.6 Å². The van der Waals surface area contributed by atoms with Crippen molar-refractivity contribution in [3.63, 3.8) is 0 Å². The van der Waals surface area contributed by atoms with Gasteiger partial charge in [-0.25, -0.2) is 8.42 Å². The first-order valence-electron chi connectivity index (χ1n) is 22.2. The van der Waals surface area contributed by atoms with Crippen LogP contribution in [0.1, 0.15) is 152 Å². The summed E-state index contributed by atoms with van der Waals surface area (Å²) < 4.78 is 27.6. The maximum atomic E-state index is 15.2.